The van der Waals surface area contributed by atoms with Crippen LogP contribution in [-0.2, 0) is 0 Å². The molecule has 0 unspecified atom stereocenters. The van der Waals surface area contributed by atoms with Crippen LogP contribution in [0.3, 0.4) is 0 Å². The van der Waals surface area contributed by atoms with E-state index in [0.29, 0.717) is 5.56 Å². The maximum Gasteiger partial charge on any atom is 0.126 e. The highest BCUT2D eigenvalue weighted by Crippen LogP contribution is 2.24. The molecular weight excluding hydrogens is 197 g/mol. The molecule has 0 fully saturated rings. The monoisotopic (exact) mass is 207 g/mol. The number of rotatable bonds is 1. The summed E-state index contributed by atoms with van der Waals surface area (Å²) in [5.74, 6) is -0.171. The molecule has 1 aromatic heterocycles. The molecule has 0 saturated carbocycles. The van der Waals surface area contributed by atoms with Crippen molar-refractivity contribution in [3.05, 3.63) is 40.7 Å². The van der Waals surface area contributed by atoms with Crippen molar-refractivity contribution in [2.75, 3.05) is 0 Å². The van der Waals surface area contributed by atoms with Gasteiger partial charge in [-0.3, -0.25) is 0 Å². The molecular formula is C11H10FNS. The number of hydrogen-bond acceptors (Lipinski definition) is 2. The number of benzene rings is 1. The van der Waals surface area contributed by atoms with Gasteiger partial charge in [-0.15, -0.1) is 11.3 Å². The Morgan fingerprint density at radius 2 is 2.07 bits per heavy atom. The van der Waals surface area contributed by atoms with Crippen molar-refractivity contribution in [1.82, 2.24) is 4.98 Å². The Kier molecular flexibility index (Phi) is 2.33. The van der Waals surface area contributed by atoms with E-state index in [1.807, 2.05) is 18.4 Å². The minimum absolute atomic E-state index is 0.171. The molecule has 0 aliphatic carbocycles. The summed E-state index contributed by atoms with van der Waals surface area (Å²) in [7, 11) is 0. The Labute approximate surface area is 86.2 Å². The van der Waals surface area contributed by atoms with Gasteiger partial charge in [0, 0.05) is 16.6 Å². The summed E-state index contributed by atoms with van der Waals surface area (Å²) in [5.41, 5.74) is 2.50. The Morgan fingerprint density at radius 1 is 1.29 bits per heavy atom. The lowest BCUT2D eigenvalue weighted by atomic mass is 10.1. The highest BCUT2D eigenvalue weighted by Gasteiger charge is 2.04. The van der Waals surface area contributed by atoms with E-state index in [-0.39, 0.29) is 5.82 Å². The number of thiazole rings is 1. The van der Waals surface area contributed by atoms with E-state index in [1.165, 1.54) is 17.4 Å². The zero-order chi connectivity index (χ0) is 10.1. The molecule has 0 aliphatic heterocycles. The summed E-state index contributed by atoms with van der Waals surface area (Å²) in [6, 6.07) is 5.21. The fraction of sp³-hybridized carbons (Fsp3) is 0.182. The van der Waals surface area contributed by atoms with Gasteiger partial charge >= 0.3 is 0 Å². The standard InChI is InChI=1S/C11H10FNS/c1-7-3-4-9(5-10(7)12)11-13-8(2)6-14-11/h3-6H,1-2H3. The minimum Gasteiger partial charge on any atom is -0.241 e. The maximum atomic E-state index is 13.2. The lowest BCUT2D eigenvalue weighted by molar-refractivity contribution is 0.619. The Morgan fingerprint density at radius 3 is 2.64 bits per heavy atom. The van der Waals surface area contributed by atoms with E-state index in [2.05, 4.69) is 4.98 Å². The van der Waals surface area contributed by atoms with E-state index >= 15 is 0 Å². The fourth-order valence-corrected chi connectivity index (χ4v) is 2.01. The van der Waals surface area contributed by atoms with E-state index in [1.54, 1.807) is 13.0 Å². The van der Waals surface area contributed by atoms with E-state index < -0.39 is 0 Å². The lowest BCUT2D eigenvalue weighted by Gasteiger charge is -1.98. The first-order valence-electron chi connectivity index (χ1n) is 4.35. The number of nitrogens with zero attached hydrogens (tertiary/aromatic N) is 1. The average molecular weight is 207 g/mol. The second-order valence-electron chi connectivity index (χ2n) is 3.26. The minimum atomic E-state index is -0.171. The molecule has 0 N–H and O–H groups in total. The van der Waals surface area contributed by atoms with Crippen LogP contribution in [0.1, 0.15) is 11.3 Å². The zero-order valence-electron chi connectivity index (χ0n) is 8.04. The first-order valence-corrected chi connectivity index (χ1v) is 5.23. The van der Waals surface area contributed by atoms with Gasteiger partial charge in [-0.2, -0.15) is 0 Å². The number of aromatic nitrogens is 1. The molecule has 0 radical (unpaired) electrons. The molecule has 1 aromatic carbocycles. The number of aryl methyl sites for hydroxylation is 2. The molecule has 0 bridgehead atoms. The van der Waals surface area contributed by atoms with Crippen LogP contribution in [0.4, 0.5) is 4.39 Å². The molecule has 0 saturated heterocycles. The van der Waals surface area contributed by atoms with Crippen molar-refractivity contribution < 1.29 is 4.39 Å². The molecule has 0 spiro atoms. The second-order valence-corrected chi connectivity index (χ2v) is 4.12. The normalized spacial score (nSPS) is 10.5. The molecule has 72 valence electrons. The van der Waals surface area contributed by atoms with Gasteiger partial charge in [-0.25, -0.2) is 9.37 Å². The van der Waals surface area contributed by atoms with Crippen LogP contribution in [-0.4, -0.2) is 4.98 Å². The van der Waals surface area contributed by atoms with Gasteiger partial charge in [0.15, 0.2) is 0 Å². The second kappa shape index (κ2) is 3.50. The van der Waals surface area contributed by atoms with Gasteiger partial charge in [0.05, 0.1) is 0 Å². The quantitative estimate of drug-likeness (QED) is 0.696. The van der Waals surface area contributed by atoms with Crippen molar-refractivity contribution >= 4 is 11.3 Å². The first kappa shape index (κ1) is 9.34. The largest absolute Gasteiger partial charge is 0.241 e. The predicted octanol–water partition coefficient (Wildman–Crippen LogP) is 3.57. The molecule has 0 amide bonds. The molecule has 14 heavy (non-hydrogen) atoms. The van der Waals surface area contributed by atoms with Gasteiger partial charge in [-0.05, 0) is 25.5 Å². The van der Waals surface area contributed by atoms with Crippen molar-refractivity contribution in [3.63, 3.8) is 0 Å². The topological polar surface area (TPSA) is 12.9 Å². The van der Waals surface area contributed by atoms with Gasteiger partial charge < -0.3 is 0 Å². The van der Waals surface area contributed by atoms with Crippen molar-refractivity contribution in [3.8, 4) is 10.6 Å². The van der Waals surface area contributed by atoms with Crippen LogP contribution in [0, 0.1) is 19.7 Å². The molecule has 2 rings (SSSR count). The number of halogens is 1. The predicted molar refractivity (Wildman–Crippen MR) is 57.0 cm³/mol. The van der Waals surface area contributed by atoms with Crippen LogP contribution in [0.5, 0.6) is 0 Å². The third kappa shape index (κ3) is 1.68. The van der Waals surface area contributed by atoms with Crippen molar-refractivity contribution in [2.45, 2.75) is 13.8 Å². The molecule has 0 aliphatic rings. The van der Waals surface area contributed by atoms with Gasteiger partial charge in [0.2, 0.25) is 0 Å². The Bertz CT molecular complexity index is 462. The van der Waals surface area contributed by atoms with Gasteiger partial charge in [0.1, 0.15) is 10.8 Å². The average Bonchev–Trinajstić information content (AvgIpc) is 2.57. The van der Waals surface area contributed by atoms with Crippen LogP contribution in [0.15, 0.2) is 23.6 Å². The van der Waals surface area contributed by atoms with Crippen LogP contribution in [0.25, 0.3) is 10.6 Å². The van der Waals surface area contributed by atoms with Crippen LogP contribution in [0.2, 0.25) is 0 Å². The molecule has 2 aromatic rings. The first-order chi connectivity index (χ1) is 6.66. The molecule has 1 heterocycles. The Balaban J connectivity index is 2.47. The third-order valence-corrected chi connectivity index (χ3v) is 3.05. The summed E-state index contributed by atoms with van der Waals surface area (Å²) >= 11 is 1.54. The van der Waals surface area contributed by atoms with Gasteiger partial charge in [0.25, 0.3) is 0 Å². The SMILES string of the molecule is Cc1csc(-c2ccc(C)c(F)c2)n1. The fourth-order valence-electron chi connectivity index (χ4n) is 1.21. The molecule has 0 atom stereocenters. The zero-order valence-corrected chi connectivity index (χ0v) is 8.86. The highest BCUT2D eigenvalue weighted by molar-refractivity contribution is 7.13. The van der Waals surface area contributed by atoms with Crippen LogP contribution < -0.4 is 0 Å². The maximum absolute atomic E-state index is 13.2. The highest BCUT2D eigenvalue weighted by atomic mass is 32.1. The third-order valence-electron chi connectivity index (χ3n) is 2.04. The smallest absolute Gasteiger partial charge is 0.126 e. The summed E-state index contributed by atoms with van der Waals surface area (Å²) < 4.78 is 13.2. The molecule has 1 nitrogen and oxygen atoms in total. The Hall–Kier alpha value is -1.22. The van der Waals surface area contributed by atoms with Crippen LogP contribution >= 0.6 is 11.3 Å². The van der Waals surface area contributed by atoms with Crippen molar-refractivity contribution in [2.24, 2.45) is 0 Å². The number of hydrogen-bond donors (Lipinski definition) is 0. The van der Waals surface area contributed by atoms with E-state index in [9.17, 15) is 4.39 Å². The van der Waals surface area contributed by atoms with E-state index in [0.717, 1.165) is 16.3 Å². The molecule has 3 heteroatoms. The van der Waals surface area contributed by atoms with Gasteiger partial charge in [-0.1, -0.05) is 12.1 Å². The van der Waals surface area contributed by atoms with E-state index in [4.69, 9.17) is 0 Å². The summed E-state index contributed by atoms with van der Waals surface area (Å²) in [6.45, 7) is 3.69. The summed E-state index contributed by atoms with van der Waals surface area (Å²) in [6.07, 6.45) is 0. The van der Waals surface area contributed by atoms with Crippen molar-refractivity contribution in [1.29, 1.82) is 0 Å². The summed E-state index contributed by atoms with van der Waals surface area (Å²) in [4.78, 5) is 4.30. The lowest BCUT2D eigenvalue weighted by Crippen LogP contribution is -1.83. The summed E-state index contributed by atoms with van der Waals surface area (Å²) in [5, 5.41) is 2.84.